The number of halogens is 6. The SMILES string of the molecule is CC1CCC(C(F)(F)Oc2ccc(-c3ccc(-c4ccc(OC(F)(F)C5CCCCC5)cc4F)c4nsnc34)c(F)c2)CC1. The van der Waals surface area contributed by atoms with E-state index in [1.165, 1.54) is 36.4 Å². The van der Waals surface area contributed by atoms with Gasteiger partial charge in [-0.3, -0.25) is 0 Å². The van der Waals surface area contributed by atoms with Crippen LogP contribution in [0.5, 0.6) is 11.5 Å². The van der Waals surface area contributed by atoms with Crippen LogP contribution in [-0.4, -0.2) is 21.0 Å². The number of alkyl halides is 4. The molecule has 1 aromatic heterocycles. The van der Waals surface area contributed by atoms with Crippen molar-refractivity contribution in [3.63, 3.8) is 0 Å². The second-order valence-electron chi connectivity index (χ2n) is 12.0. The maximum Gasteiger partial charge on any atom is 0.400 e. The predicted octanol–water partition coefficient (Wildman–Crippen LogP) is 10.7. The van der Waals surface area contributed by atoms with Crippen LogP contribution in [0.15, 0.2) is 48.5 Å². The van der Waals surface area contributed by atoms with Gasteiger partial charge in [-0.2, -0.15) is 26.3 Å². The first-order chi connectivity index (χ1) is 21.0. The van der Waals surface area contributed by atoms with E-state index in [0.29, 0.717) is 68.4 Å². The molecular weight excluding hydrogens is 602 g/mol. The van der Waals surface area contributed by atoms with Crippen molar-refractivity contribution in [3.05, 3.63) is 60.2 Å². The van der Waals surface area contributed by atoms with Crippen molar-refractivity contribution in [3.8, 4) is 33.8 Å². The second-order valence-corrected chi connectivity index (χ2v) is 12.6. The summed E-state index contributed by atoms with van der Waals surface area (Å²) in [6.45, 7) is 2.04. The van der Waals surface area contributed by atoms with Crippen LogP contribution in [0.25, 0.3) is 33.3 Å². The molecule has 0 aliphatic heterocycles. The van der Waals surface area contributed by atoms with E-state index in [1.807, 2.05) is 6.92 Å². The number of ether oxygens (including phenoxy) is 2. The second kappa shape index (κ2) is 12.2. The zero-order chi connectivity index (χ0) is 31.1. The number of benzene rings is 3. The summed E-state index contributed by atoms with van der Waals surface area (Å²) in [7, 11) is 0. The molecular formula is C33H32F6N2O2S. The van der Waals surface area contributed by atoms with Gasteiger partial charge in [-0.25, -0.2) is 8.78 Å². The summed E-state index contributed by atoms with van der Waals surface area (Å²) in [5.41, 5.74) is 1.41. The third-order valence-electron chi connectivity index (χ3n) is 8.96. The Morgan fingerprint density at radius 2 is 1.05 bits per heavy atom. The lowest BCUT2D eigenvalue weighted by Crippen LogP contribution is -2.37. The van der Waals surface area contributed by atoms with Crippen LogP contribution in [0.2, 0.25) is 0 Å². The van der Waals surface area contributed by atoms with Crippen LogP contribution in [-0.2, 0) is 0 Å². The highest BCUT2D eigenvalue weighted by atomic mass is 32.1. The van der Waals surface area contributed by atoms with E-state index in [1.54, 1.807) is 0 Å². The van der Waals surface area contributed by atoms with Crippen LogP contribution < -0.4 is 9.47 Å². The van der Waals surface area contributed by atoms with Crippen molar-refractivity contribution in [2.45, 2.75) is 76.9 Å². The van der Waals surface area contributed by atoms with Crippen molar-refractivity contribution in [2.75, 3.05) is 0 Å². The van der Waals surface area contributed by atoms with E-state index in [0.717, 1.165) is 30.3 Å². The highest BCUT2D eigenvalue weighted by Crippen LogP contribution is 2.43. The highest BCUT2D eigenvalue weighted by molar-refractivity contribution is 7.00. The average Bonchev–Trinajstić information content (AvgIpc) is 3.48. The van der Waals surface area contributed by atoms with Crippen molar-refractivity contribution in [1.29, 1.82) is 0 Å². The van der Waals surface area contributed by atoms with Crippen LogP contribution in [0.1, 0.15) is 64.7 Å². The Bertz CT molecular complexity index is 1630. The monoisotopic (exact) mass is 634 g/mol. The molecule has 4 aromatic rings. The summed E-state index contributed by atoms with van der Waals surface area (Å²) in [4.78, 5) is 0. The number of hydrogen-bond acceptors (Lipinski definition) is 5. The topological polar surface area (TPSA) is 44.2 Å². The molecule has 2 aliphatic rings. The largest absolute Gasteiger partial charge is 0.432 e. The van der Waals surface area contributed by atoms with Crippen molar-refractivity contribution in [1.82, 2.24) is 8.75 Å². The van der Waals surface area contributed by atoms with Gasteiger partial charge in [-0.05, 0) is 55.9 Å². The molecule has 0 atom stereocenters. The Morgan fingerprint density at radius 3 is 1.50 bits per heavy atom. The fraction of sp³-hybridized carbons (Fsp3) is 0.455. The molecule has 2 aliphatic carbocycles. The Hall–Kier alpha value is -3.34. The molecule has 0 amide bonds. The number of aromatic nitrogens is 2. The van der Waals surface area contributed by atoms with Gasteiger partial charge in [0.05, 0.1) is 23.6 Å². The molecule has 2 fully saturated rings. The van der Waals surface area contributed by atoms with Gasteiger partial charge in [-0.15, -0.1) is 0 Å². The number of hydrogen-bond donors (Lipinski definition) is 0. The Labute approximate surface area is 255 Å². The first-order valence-electron chi connectivity index (χ1n) is 15.0. The molecule has 0 bridgehead atoms. The molecule has 0 N–H and O–H groups in total. The van der Waals surface area contributed by atoms with E-state index in [4.69, 9.17) is 9.47 Å². The lowest BCUT2D eigenvalue weighted by atomic mass is 9.82. The minimum Gasteiger partial charge on any atom is -0.432 e. The summed E-state index contributed by atoms with van der Waals surface area (Å²) >= 11 is 0.843. The normalized spacial score (nSPS) is 20.2. The summed E-state index contributed by atoms with van der Waals surface area (Å²) < 4.78 is 108. The van der Waals surface area contributed by atoms with Gasteiger partial charge in [0.1, 0.15) is 34.2 Å². The molecule has 3 aromatic carbocycles. The minimum atomic E-state index is -3.42. The lowest BCUT2D eigenvalue weighted by Gasteiger charge is -2.32. The number of fused-ring (bicyclic) bond motifs is 1. The molecule has 6 rings (SSSR count). The minimum absolute atomic E-state index is 0.0885. The zero-order valence-electron chi connectivity index (χ0n) is 24.1. The standard InChI is InChI=1S/C33H32F6N2O2S/c1-19-7-9-21(10-8-19)33(38,39)43-23-12-14-25(29(35)18-23)27-16-15-26(30-31(27)41-44-40-30)24-13-11-22(17-28(24)34)42-32(36,37)20-5-3-2-4-6-20/h11-21H,2-10H2,1H3. The molecule has 0 saturated heterocycles. The summed E-state index contributed by atoms with van der Waals surface area (Å²) in [6, 6.07) is 10.2. The zero-order valence-corrected chi connectivity index (χ0v) is 24.9. The molecule has 234 valence electrons. The highest BCUT2D eigenvalue weighted by Gasteiger charge is 2.44. The summed E-state index contributed by atoms with van der Waals surface area (Å²) in [6.07, 6.45) is -1.68. The fourth-order valence-corrected chi connectivity index (χ4v) is 6.95. The summed E-state index contributed by atoms with van der Waals surface area (Å²) in [5, 5.41) is 0. The van der Waals surface area contributed by atoms with Gasteiger partial charge in [-0.1, -0.05) is 51.2 Å². The molecule has 0 radical (unpaired) electrons. The predicted molar refractivity (Wildman–Crippen MR) is 157 cm³/mol. The van der Waals surface area contributed by atoms with Gasteiger partial charge >= 0.3 is 12.2 Å². The van der Waals surface area contributed by atoms with E-state index < -0.39 is 35.7 Å². The molecule has 2 saturated carbocycles. The molecule has 0 unspecified atom stereocenters. The maximum atomic E-state index is 15.3. The molecule has 0 spiro atoms. The van der Waals surface area contributed by atoms with Gasteiger partial charge in [0.25, 0.3) is 0 Å². The average molecular weight is 635 g/mol. The third-order valence-corrected chi connectivity index (χ3v) is 9.48. The van der Waals surface area contributed by atoms with Crippen LogP contribution in [0.4, 0.5) is 26.3 Å². The lowest BCUT2D eigenvalue weighted by molar-refractivity contribution is -0.223. The van der Waals surface area contributed by atoms with Gasteiger partial charge in [0, 0.05) is 34.4 Å². The summed E-state index contributed by atoms with van der Waals surface area (Å²) in [5.74, 6) is -3.57. The molecule has 44 heavy (non-hydrogen) atoms. The van der Waals surface area contributed by atoms with Crippen LogP contribution >= 0.6 is 11.7 Å². The van der Waals surface area contributed by atoms with E-state index >= 15 is 8.78 Å². The van der Waals surface area contributed by atoms with Crippen LogP contribution in [0, 0.1) is 29.4 Å². The number of nitrogens with zero attached hydrogens (tertiary/aromatic N) is 2. The van der Waals surface area contributed by atoms with Crippen molar-refractivity contribution < 1.29 is 35.8 Å². The smallest absolute Gasteiger partial charge is 0.400 e. The molecule has 4 nitrogen and oxygen atoms in total. The van der Waals surface area contributed by atoms with Gasteiger partial charge in [0.15, 0.2) is 0 Å². The maximum absolute atomic E-state index is 15.3. The third kappa shape index (κ3) is 6.25. The number of rotatable bonds is 8. The Balaban J connectivity index is 1.23. The van der Waals surface area contributed by atoms with Crippen molar-refractivity contribution in [2.24, 2.45) is 17.8 Å². The Kier molecular flexibility index (Phi) is 8.52. The fourth-order valence-electron chi connectivity index (χ4n) is 6.37. The van der Waals surface area contributed by atoms with Gasteiger partial charge in [0.2, 0.25) is 0 Å². The van der Waals surface area contributed by atoms with Crippen molar-refractivity contribution >= 4 is 22.8 Å². The molecule has 1 heterocycles. The molecule has 11 heteroatoms. The van der Waals surface area contributed by atoms with E-state index in [2.05, 4.69) is 8.75 Å². The quantitative estimate of drug-likeness (QED) is 0.181. The van der Waals surface area contributed by atoms with E-state index in [9.17, 15) is 17.6 Å². The Morgan fingerprint density at radius 1 is 0.614 bits per heavy atom. The first-order valence-corrected chi connectivity index (χ1v) is 15.7. The van der Waals surface area contributed by atoms with Crippen LogP contribution in [0.3, 0.4) is 0 Å². The first kappa shape index (κ1) is 30.7. The van der Waals surface area contributed by atoms with E-state index in [-0.39, 0.29) is 33.7 Å². The van der Waals surface area contributed by atoms with Gasteiger partial charge < -0.3 is 9.47 Å².